The zero-order valence-electron chi connectivity index (χ0n) is 7.63. The molecule has 0 amide bonds. The number of hydrogen-bond acceptors (Lipinski definition) is 2. The largest absolute Gasteiger partial charge is 4.00 e. The Labute approximate surface area is 93.0 Å². The van der Waals surface area contributed by atoms with Crippen molar-refractivity contribution >= 4 is 5.97 Å². The van der Waals surface area contributed by atoms with Crippen molar-refractivity contribution in [2.24, 2.45) is 5.92 Å². The SMILES string of the molecule is CCCCC(CC)C(=O)[O-].[O-2].[Zr+4]. The molecule has 4 heteroatoms. The molecule has 0 fully saturated rings. The molecule has 0 rings (SSSR count). The molecule has 0 saturated heterocycles. The number of carboxylic acid groups (broad SMARTS) is 1. The normalized spacial score (nSPS) is 10.8. The first-order valence-electron chi connectivity index (χ1n) is 3.93. The minimum atomic E-state index is -0.893. The van der Waals surface area contributed by atoms with Crippen LogP contribution in [0.5, 0.6) is 0 Å². The van der Waals surface area contributed by atoms with Gasteiger partial charge in [0.2, 0.25) is 0 Å². The molecule has 0 aromatic heterocycles. The van der Waals surface area contributed by atoms with Crippen LogP contribution in [-0.4, -0.2) is 5.97 Å². The van der Waals surface area contributed by atoms with Crippen molar-refractivity contribution in [2.45, 2.75) is 39.5 Å². The van der Waals surface area contributed by atoms with E-state index in [1.54, 1.807) is 0 Å². The molecule has 3 nitrogen and oxygen atoms in total. The van der Waals surface area contributed by atoms with E-state index in [-0.39, 0.29) is 37.6 Å². The number of unbranched alkanes of at least 4 members (excludes halogenated alkanes) is 1. The molecule has 0 heterocycles. The fourth-order valence-electron chi connectivity index (χ4n) is 0.939. The maximum absolute atomic E-state index is 10.3. The Morgan fingerprint density at radius 1 is 1.42 bits per heavy atom. The van der Waals surface area contributed by atoms with Crippen LogP contribution in [0.3, 0.4) is 0 Å². The second-order valence-corrected chi connectivity index (χ2v) is 2.57. The van der Waals surface area contributed by atoms with Gasteiger partial charge in [-0.2, -0.15) is 0 Å². The predicted molar refractivity (Wildman–Crippen MR) is 39.0 cm³/mol. The van der Waals surface area contributed by atoms with Gasteiger partial charge >= 0.3 is 26.2 Å². The van der Waals surface area contributed by atoms with Crippen molar-refractivity contribution < 1.29 is 41.6 Å². The van der Waals surface area contributed by atoms with Crippen LogP contribution in [0, 0.1) is 5.92 Å². The van der Waals surface area contributed by atoms with Gasteiger partial charge < -0.3 is 15.4 Å². The third-order valence-electron chi connectivity index (χ3n) is 1.73. The molecule has 0 radical (unpaired) electrons. The zero-order valence-corrected chi connectivity index (χ0v) is 10.1. The third kappa shape index (κ3) is 8.41. The summed E-state index contributed by atoms with van der Waals surface area (Å²) in [5, 5.41) is 10.3. The van der Waals surface area contributed by atoms with Gasteiger partial charge in [-0.1, -0.05) is 26.7 Å². The summed E-state index contributed by atoms with van der Waals surface area (Å²) >= 11 is 0. The summed E-state index contributed by atoms with van der Waals surface area (Å²) in [7, 11) is 0. The summed E-state index contributed by atoms with van der Waals surface area (Å²) in [6, 6.07) is 0. The molecule has 0 saturated carbocycles. The molecule has 0 N–H and O–H groups in total. The van der Waals surface area contributed by atoms with Crippen molar-refractivity contribution in [2.75, 3.05) is 0 Å². The average Bonchev–Trinajstić information content (AvgIpc) is 1.89. The minimum absolute atomic E-state index is 0. The predicted octanol–water partition coefficient (Wildman–Crippen LogP) is 0.831. The van der Waals surface area contributed by atoms with Crippen LogP contribution >= 0.6 is 0 Å². The van der Waals surface area contributed by atoms with Gasteiger partial charge in [0.1, 0.15) is 0 Å². The molecule has 1 unspecified atom stereocenters. The molecule has 0 aromatic carbocycles. The average molecular weight is 250 g/mol. The third-order valence-corrected chi connectivity index (χ3v) is 1.73. The Morgan fingerprint density at radius 3 is 2.17 bits per heavy atom. The van der Waals surface area contributed by atoms with Gasteiger partial charge in [0.05, 0.1) is 0 Å². The molecule has 0 aromatic rings. The van der Waals surface area contributed by atoms with Crippen LogP contribution in [-0.2, 0) is 36.5 Å². The van der Waals surface area contributed by atoms with E-state index in [1.165, 1.54) is 0 Å². The van der Waals surface area contributed by atoms with E-state index < -0.39 is 5.97 Å². The van der Waals surface area contributed by atoms with E-state index in [2.05, 4.69) is 6.92 Å². The van der Waals surface area contributed by atoms with Crippen LogP contribution < -0.4 is 5.11 Å². The van der Waals surface area contributed by atoms with Crippen LogP contribution in [0.15, 0.2) is 0 Å². The quantitative estimate of drug-likeness (QED) is 0.725. The Morgan fingerprint density at radius 2 is 1.92 bits per heavy atom. The maximum atomic E-state index is 10.3. The number of rotatable bonds is 5. The van der Waals surface area contributed by atoms with Gasteiger partial charge in [0, 0.05) is 5.97 Å². The Hall–Kier alpha value is 0.313. The van der Waals surface area contributed by atoms with Gasteiger partial charge in [0.25, 0.3) is 0 Å². The van der Waals surface area contributed by atoms with Crippen molar-refractivity contribution in [3.8, 4) is 0 Å². The van der Waals surface area contributed by atoms with Gasteiger partial charge in [-0.25, -0.2) is 0 Å². The zero-order chi connectivity index (χ0) is 7.98. The van der Waals surface area contributed by atoms with Gasteiger partial charge in [0.15, 0.2) is 0 Å². The summed E-state index contributed by atoms with van der Waals surface area (Å²) in [5.41, 5.74) is 0. The number of carboxylic acids is 1. The Kier molecular flexibility index (Phi) is 17.1. The van der Waals surface area contributed by atoms with Crippen LogP contribution in [0.25, 0.3) is 0 Å². The number of carbonyl (C=O) groups excluding carboxylic acids is 1. The second-order valence-electron chi connectivity index (χ2n) is 2.57. The molecule has 12 heavy (non-hydrogen) atoms. The number of hydrogen-bond donors (Lipinski definition) is 0. The van der Waals surface area contributed by atoms with Gasteiger partial charge in [-0.3, -0.25) is 0 Å². The molecule has 0 spiro atoms. The number of carbonyl (C=O) groups is 1. The number of aliphatic carboxylic acids is 1. The molecule has 68 valence electrons. The first-order valence-corrected chi connectivity index (χ1v) is 3.93. The second kappa shape index (κ2) is 11.3. The maximum Gasteiger partial charge on any atom is 4.00 e. The van der Waals surface area contributed by atoms with E-state index in [9.17, 15) is 9.90 Å². The van der Waals surface area contributed by atoms with Crippen molar-refractivity contribution in [3.05, 3.63) is 0 Å². The Balaban J connectivity index is -0.000000405. The molecule has 0 aliphatic carbocycles. The summed E-state index contributed by atoms with van der Waals surface area (Å²) in [4.78, 5) is 10.3. The van der Waals surface area contributed by atoms with E-state index in [1.807, 2.05) is 6.92 Å². The summed E-state index contributed by atoms with van der Waals surface area (Å²) in [6.45, 7) is 3.94. The molecular weight excluding hydrogens is 235 g/mol. The summed E-state index contributed by atoms with van der Waals surface area (Å²) in [6.07, 6.45) is 3.52. The van der Waals surface area contributed by atoms with Crippen molar-refractivity contribution in [1.29, 1.82) is 0 Å². The van der Waals surface area contributed by atoms with Crippen LogP contribution in [0.2, 0.25) is 0 Å². The molecule has 0 bridgehead atoms. The summed E-state index contributed by atoms with van der Waals surface area (Å²) < 4.78 is 0. The standard InChI is InChI=1S/C8H16O2.O.Zr/c1-3-5-6-7(4-2)8(9)10;;/h7H,3-6H2,1-2H3,(H,9,10);;/q;-2;+4/p-1. The van der Waals surface area contributed by atoms with Gasteiger partial charge in [-0.05, 0) is 18.8 Å². The molecule has 1 atom stereocenters. The van der Waals surface area contributed by atoms with Crippen LogP contribution in [0.1, 0.15) is 39.5 Å². The Bertz CT molecular complexity index is 106. The smallest absolute Gasteiger partial charge is 2.00 e. The van der Waals surface area contributed by atoms with Crippen molar-refractivity contribution in [3.63, 3.8) is 0 Å². The van der Waals surface area contributed by atoms with E-state index in [0.29, 0.717) is 6.42 Å². The van der Waals surface area contributed by atoms with E-state index in [0.717, 1.165) is 19.3 Å². The van der Waals surface area contributed by atoms with Crippen molar-refractivity contribution in [1.82, 2.24) is 0 Å². The fourth-order valence-corrected chi connectivity index (χ4v) is 0.939. The monoisotopic (exact) mass is 249 g/mol. The topological polar surface area (TPSA) is 68.6 Å². The molecular formula is C8H15O3Zr+. The van der Waals surface area contributed by atoms with E-state index in [4.69, 9.17) is 0 Å². The first kappa shape index (κ1) is 18.2. The first-order chi connectivity index (χ1) is 4.72. The minimum Gasteiger partial charge on any atom is -2.00 e. The van der Waals surface area contributed by atoms with Gasteiger partial charge in [-0.15, -0.1) is 0 Å². The fraction of sp³-hybridized carbons (Fsp3) is 0.875. The van der Waals surface area contributed by atoms with E-state index >= 15 is 0 Å². The van der Waals surface area contributed by atoms with Crippen LogP contribution in [0.4, 0.5) is 0 Å². The molecule has 0 aliphatic rings. The molecule has 0 aliphatic heterocycles. The summed E-state index contributed by atoms with van der Waals surface area (Å²) in [5.74, 6) is -1.11.